The van der Waals surface area contributed by atoms with Crippen LogP contribution in [0.4, 0.5) is 0 Å². The van der Waals surface area contributed by atoms with Gasteiger partial charge in [-0.2, -0.15) is 0 Å². The Hall–Kier alpha value is -0.863. The lowest BCUT2D eigenvalue weighted by Gasteiger charge is -2.06. The molecule has 0 saturated carbocycles. The Morgan fingerprint density at radius 3 is 2.31 bits per heavy atom. The first kappa shape index (κ1) is 13.2. The lowest BCUT2D eigenvalue weighted by atomic mass is 10.1. The first-order chi connectivity index (χ1) is 7.35. The third kappa shape index (κ3) is 3.32. The van der Waals surface area contributed by atoms with Crippen LogP contribution in [0.3, 0.4) is 0 Å². The van der Waals surface area contributed by atoms with Crippen molar-refractivity contribution >= 4 is 31.3 Å². The summed E-state index contributed by atoms with van der Waals surface area (Å²) in [5, 5.41) is 0.934. The summed E-state index contributed by atoms with van der Waals surface area (Å²) in [5.74, 6) is 5.64. The fourth-order valence-electron chi connectivity index (χ4n) is 1.04. The molecular formula is C13H12Cl2Si. The molecule has 1 aromatic carbocycles. The summed E-state index contributed by atoms with van der Waals surface area (Å²) < 4.78 is 0. The van der Waals surface area contributed by atoms with Gasteiger partial charge in [0.05, 0.1) is 15.6 Å². The van der Waals surface area contributed by atoms with Crippen LogP contribution in [-0.4, -0.2) is 8.07 Å². The average Bonchev–Trinajstić information content (AvgIpc) is 2.19. The first-order valence-corrected chi connectivity index (χ1v) is 9.08. The summed E-state index contributed by atoms with van der Waals surface area (Å²) in [6.07, 6.45) is 5.40. The minimum Gasteiger partial charge on any atom is -0.127 e. The molecule has 0 unspecified atom stereocenters. The van der Waals surface area contributed by atoms with Crippen molar-refractivity contribution < 1.29 is 0 Å². The molecule has 0 saturated heterocycles. The van der Waals surface area contributed by atoms with Crippen LogP contribution in [0.15, 0.2) is 12.1 Å². The Kier molecular flexibility index (Phi) is 4.11. The molecule has 0 atom stereocenters. The van der Waals surface area contributed by atoms with Crippen LogP contribution in [0.25, 0.3) is 0 Å². The summed E-state index contributed by atoms with van der Waals surface area (Å²) in [5.41, 5.74) is 4.59. The topological polar surface area (TPSA) is 0 Å². The van der Waals surface area contributed by atoms with Crippen molar-refractivity contribution in [3.63, 3.8) is 0 Å². The molecule has 0 nitrogen and oxygen atoms in total. The van der Waals surface area contributed by atoms with E-state index in [2.05, 4.69) is 37.0 Å². The third-order valence-electron chi connectivity index (χ3n) is 1.81. The maximum absolute atomic E-state index is 6.09. The van der Waals surface area contributed by atoms with E-state index in [9.17, 15) is 0 Å². The summed E-state index contributed by atoms with van der Waals surface area (Å²) >= 11 is 12.0. The molecule has 0 spiro atoms. The average molecular weight is 267 g/mol. The van der Waals surface area contributed by atoms with E-state index in [1.165, 1.54) is 0 Å². The summed E-state index contributed by atoms with van der Waals surface area (Å²) in [6, 6.07) is 3.46. The van der Waals surface area contributed by atoms with E-state index in [1.54, 1.807) is 12.1 Å². The Bertz CT molecular complexity index is 508. The van der Waals surface area contributed by atoms with E-state index < -0.39 is 8.07 Å². The van der Waals surface area contributed by atoms with E-state index in [0.29, 0.717) is 21.2 Å². The van der Waals surface area contributed by atoms with Gasteiger partial charge in [-0.15, -0.1) is 12.0 Å². The highest BCUT2D eigenvalue weighted by atomic mass is 35.5. The second-order valence-corrected chi connectivity index (χ2v) is 9.96. The zero-order valence-corrected chi connectivity index (χ0v) is 12.0. The molecule has 82 valence electrons. The molecule has 0 fully saturated rings. The van der Waals surface area contributed by atoms with E-state index >= 15 is 0 Å². The largest absolute Gasteiger partial charge is 0.129 e. The van der Waals surface area contributed by atoms with Crippen LogP contribution in [0.5, 0.6) is 0 Å². The summed E-state index contributed by atoms with van der Waals surface area (Å²) in [7, 11) is -1.45. The highest BCUT2D eigenvalue weighted by molar-refractivity contribution is 6.83. The Morgan fingerprint density at radius 2 is 1.81 bits per heavy atom. The van der Waals surface area contributed by atoms with Gasteiger partial charge < -0.3 is 0 Å². The predicted molar refractivity (Wildman–Crippen MR) is 74.6 cm³/mol. The molecule has 0 aliphatic rings. The number of hydrogen-bond acceptors (Lipinski definition) is 0. The molecular weight excluding hydrogens is 255 g/mol. The molecule has 0 bridgehead atoms. The molecule has 16 heavy (non-hydrogen) atoms. The smallest absolute Gasteiger partial charge is 0.127 e. The number of rotatable bonds is 0. The van der Waals surface area contributed by atoms with Gasteiger partial charge in [-0.1, -0.05) is 54.7 Å². The lowest BCUT2D eigenvalue weighted by Crippen LogP contribution is -2.16. The number of benzene rings is 1. The molecule has 0 aliphatic carbocycles. The molecule has 0 aliphatic heterocycles. The van der Waals surface area contributed by atoms with Crippen LogP contribution in [0.1, 0.15) is 11.1 Å². The maximum atomic E-state index is 6.09. The van der Waals surface area contributed by atoms with E-state index in [1.807, 2.05) is 0 Å². The van der Waals surface area contributed by atoms with E-state index in [0.717, 1.165) is 0 Å². The molecule has 0 N–H and O–H groups in total. The minimum atomic E-state index is -1.45. The molecule has 0 heterocycles. The van der Waals surface area contributed by atoms with Crippen LogP contribution in [0.2, 0.25) is 29.7 Å². The van der Waals surface area contributed by atoms with Gasteiger partial charge in [0.15, 0.2) is 0 Å². The molecule has 0 amide bonds. The van der Waals surface area contributed by atoms with E-state index in [4.69, 9.17) is 29.6 Å². The second-order valence-electron chi connectivity index (χ2n) is 4.43. The van der Waals surface area contributed by atoms with Gasteiger partial charge in [0.1, 0.15) is 8.07 Å². The lowest BCUT2D eigenvalue weighted by molar-refractivity contribution is 1.59. The van der Waals surface area contributed by atoms with Gasteiger partial charge in [-0.25, -0.2) is 0 Å². The van der Waals surface area contributed by atoms with Gasteiger partial charge in [0.2, 0.25) is 0 Å². The van der Waals surface area contributed by atoms with Crippen LogP contribution in [-0.2, 0) is 0 Å². The van der Waals surface area contributed by atoms with Crippen molar-refractivity contribution in [2.75, 3.05) is 0 Å². The number of terminal acetylenes is 1. The summed E-state index contributed by atoms with van der Waals surface area (Å²) in [6.45, 7) is 6.48. The third-order valence-corrected chi connectivity index (χ3v) is 3.49. The highest BCUT2D eigenvalue weighted by Crippen LogP contribution is 2.27. The van der Waals surface area contributed by atoms with Crippen molar-refractivity contribution in [2.24, 2.45) is 0 Å². The molecule has 3 heteroatoms. The van der Waals surface area contributed by atoms with Crippen molar-refractivity contribution in [3.05, 3.63) is 33.3 Å². The molecule has 1 aromatic rings. The monoisotopic (exact) mass is 266 g/mol. The molecule has 1 rings (SSSR count). The van der Waals surface area contributed by atoms with Gasteiger partial charge in [0, 0.05) is 5.56 Å². The predicted octanol–water partition coefficient (Wildman–Crippen LogP) is 4.20. The Balaban J connectivity index is 3.37. The van der Waals surface area contributed by atoms with Crippen LogP contribution in [0, 0.1) is 23.8 Å². The quantitative estimate of drug-likeness (QED) is 0.488. The van der Waals surface area contributed by atoms with Gasteiger partial charge >= 0.3 is 0 Å². The fourth-order valence-corrected chi connectivity index (χ4v) is 1.91. The number of hydrogen-bond donors (Lipinski definition) is 0. The van der Waals surface area contributed by atoms with Crippen molar-refractivity contribution in [3.8, 4) is 23.8 Å². The SMILES string of the molecule is C#Cc1ccc(Cl)c(Cl)c1C#C[Si](C)(C)C. The van der Waals surface area contributed by atoms with E-state index in [-0.39, 0.29) is 0 Å². The van der Waals surface area contributed by atoms with Crippen LogP contribution >= 0.6 is 23.2 Å². The molecule has 0 radical (unpaired) electrons. The van der Waals surface area contributed by atoms with Gasteiger partial charge in [-0.05, 0) is 12.1 Å². The van der Waals surface area contributed by atoms with Gasteiger partial charge in [-0.3, -0.25) is 0 Å². The zero-order valence-electron chi connectivity index (χ0n) is 9.49. The highest BCUT2D eigenvalue weighted by Gasteiger charge is 2.10. The van der Waals surface area contributed by atoms with Crippen LogP contribution < -0.4 is 0 Å². The molecule has 0 aromatic heterocycles. The second kappa shape index (κ2) is 4.98. The first-order valence-electron chi connectivity index (χ1n) is 4.83. The fraction of sp³-hybridized carbons (Fsp3) is 0.231. The standard InChI is InChI=1S/C13H12Cl2Si/c1-5-10-6-7-12(14)13(15)11(10)8-9-16(2,3)4/h1,6-7H,2-4H3. The van der Waals surface area contributed by atoms with Crippen molar-refractivity contribution in [1.82, 2.24) is 0 Å². The minimum absolute atomic E-state index is 0.447. The zero-order chi connectivity index (χ0) is 12.3. The Morgan fingerprint density at radius 1 is 1.19 bits per heavy atom. The van der Waals surface area contributed by atoms with Gasteiger partial charge in [0.25, 0.3) is 0 Å². The Labute approximate surface area is 108 Å². The number of halogens is 2. The normalized spacial score (nSPS) is 10.2. The van der Waals surface area contributed by atoms with Crippen molar-refractivity contribution in [2.45, 2.75) is 19.6 Å². The summed E-state index contributed by atoms with van der Waals surface area (Å²) in [4.78, 5) is 0. The maximum Gasteiger partial charge on any atom is 0.129 e. The van der Waals surface area contributed by atoms with Crippen molar-refractivity contribution in [1.29, 1.82) is 0 Å².